The van der Waals surface area contributed by atoms with Gasteiger partial charge in [-0.15, -0.1) is 0 Å². The molecule has 0 atom stereocenters. The van der Waals surface area contributed by atoms with E-state index in [1.54, 1.807) is 12.1 Å². The van der Waals surface area contributed by atoms with Crippen molar-refractivity contribution in [3.63, 3.8) is 0 Å². The zero-order valence-electron chi connectivity index (χ0n) is 10.1. The summed E-state index contributed by atoms with van der Waals surface area (Å²) >= 11 is 5.86. The van der Waals surface area contributed by atoms with Crippen molar-refractivity contribution < 1.29 is 9.21 Å². The van der Waals surface area contributed by atoms with Gasteiger partial charge in [0.1, 0.15) is 5.76 Å². The van der Waals surface area contributed by atoms with Crippen LogP contribution in [0.5, 0.6) is 0 Å². The number of aryl methyl sites for hydroxylation is 1. The fourth-order valence-electron chi connectivity index (χ4n) is 1.63. The Hall–Kier alpha value is -1.74. The van der Waals surface area contributed by atoms with Gasteiger partial charge in [-0.2, -0.15) is 0 Å². The second-order valence-corrected chi connectivity index (χ2v) is 4.46. The molecular weight excluding hydrogens is 250 g/mol. The normalized spacial score (nSPS) is 10.3. The molecule has 0 saturated heterocycles. The van der Waals surface area contributed by atoms with Crippen LogP contribution < -0.4 is 5.32 Å². The Kier molecular flexibility index (Phi) is 4.05. The Balaban J connectivity index is 1.84. The maximum atomic E-state index is 11.8. The molecule has 0 amide bonds. The van der Waals surface area contributed by atoms with Crippen molar-refractivity contribution in [2.45, 2.75) is 13.3 Å². The SMILES string of the molecule is Cc1ccc(C(=O)CCNc2cccc(Cl)c2)o1. The van der Waals surface area contributed by atoms with Gasteiger partial charge in [-0.3, -0.25) is 4.79 Å². The van der Waals surface area contributed by atoms with Crippen LogP contribution in [-0.2, 0) is 0 Å². The summed E-state index contributed by atoms with van der Waals surface area (Å²) in [5, 5.41) is 3.82. The highest BCUT2D eigenvalue weighted by atomic mass is 35.5. The van der Waals surface area contributed by atoms with E-state index in [2.05, 4.69) is 5.32 Å². The smallest absolute Gasteiger partial charge is 0.199 e. The Labute approximate surface area is 111 Å². The average molecular weight is 264 g/mol. The molecule has 1 aromatic carbocycles. The van der Waals surface area contributed by atoms with Gasteiger partial charge < -0.3 is 9.73 Å². The van der Waals surface area contributed by atoms with Crippen LogP contribution in [0.4, 0.5) is 5.69 Å². The third kappa shape index (κ3) is 3.37. The lowest BCUT2D eigenvalue weighted by atomic mass is 10.2. The van der Waals surface area contributed by atoms with E-state index in [0.29, 0.717) is 23.7 Å². The van der Waals surface area contributed by atoms with Gasteiger partial charge in [0, 0.05) is 23.7 Å². The van der Waals surface area contributed by atoms with E-state index in [9.17, 15) is 4.79 Å². The topological polar surface area (TPSA) is 42.2 Å². The summed E-state index contributed by atoms with van der Waals surface area (Å²) in [6.07, 6.45) is 0.388. The Morgan fingerprint density at radius 1 is 1.33 bits per heavy atom. The van der Waals surface area contributed by atoms with Gasteiger partial charge in [0.25, 0.3) is 0 Å². The zero-order chi connectivity index (χ0) is 13.0. The van der Waals surface area contributed by atoms with Crippen LogP contribution >= 0.6 is 11.6 Å². The molecule has 2 aromatic rings. The molecule has 0 radical (unpaired) electrons. The molecule has 0 aliphatic carbocycles. The lowest BCUT2D eigenvalue weighted by molar-refractivity contribution is 0.0958. The lowest BCUT2D eigenvalue weighted by Crippen LogP contribution is -2.08. The molecule has 4 heteroatoms. The van der Waals surface area contributed by atoms with E-state index in [0.717, 1.165) is 11.4 Å². The van der Waals surface area contributed by atoms with E-state index in [1.165, 1.54) is 0 Å². The number of hydrogen-bond donors (Lipinski definition) is 1. The number of ketones is 1. The number of rotatable bonds is 5. The van der Waals surface area contributed by atoms with Crippen LogP contribution in [0.2, 0.25) is 5.02 Å². The molecule has 1 heterocycles. The molecule has 0 bridgehead atoms. The summed E-state index contributed by atoms with van der Waals surface area (Å²) < 4.78 is 5.27. The van der Waals surface area contributed by atoms with Crippen LogP contribution in [0.15, 0.2) is 40.8 Å². The van der Waals surface area contributed by atoms with Gasteiger partial charge in [-0.05, 0) is 37.3 Å². The van der Waals surface area contributed by atoms with E-state index in [4.69, 9.17) is 16.0 Å². The van der Waals surface area contributed by atoms with Gasteiger partial charge >= 0.3 is 0 Å². The average Bonchev–Trinajstić information content (AvgIpc) is 2.76. The number of Topliss-reactive ketones (excluding diaryl/α,β-unsaturated/α-hetero) is 1. The highest BCUT2D eigenvalue weighted by Gasteiger charge is 2.09. The van der Waals surface area contributed by atoms with Crippen molar-refractivity contribution >= 4 is 23.1 Å². The van der Waals surface area contributed by atoms with E-state index < -0.39 is 0 Å². The summed E-state index contributed by atoms with van der Waals surface area (Å²) in [5.74, 6) is 1.17. The van der Waals surface area contributed by atoms with Crippen molar-refractivity contribution in [1.82, 2.24) is 0 Å². The molecule has 94 valence electrons. The molecule has 3 nitrogen and oxygen atoms in total. The minimum Gasteiger partial charge on any atom is -0.458 e. The molecule has 0 aliphatic heterocycles. The summed E-state index contributed by atoms with van der Waals surface area (Å²) in [4.78, 5) is 11.8. The minimum atomic E-state index is -0.00220. The standard InChI is InChI=1S/C14H14ClNO2/c1-10-5-6-14(18-10)13(17)7-8-16-12-4-2-3-11(15)9-12/h2-6,9,16H,7-8H2,1H3. The van der Waals surface area contributed by atoms with Gasteiger partial charge in [-0.25, -0.2) is 0 Å². The predicted molar refractivity (Wildman–Crippen MR) is 72.3 cm³/mol. The molecule has 0 saturated carbocycles. The molecule has 0 aliphatic rings. The van der Waals surface area contributed by atoms with Crippen LogP contribution in [0.25, 0.3) is 0 Å². The summed E-state index contributed by atoms with van der Waals surface area (Å²) in [5.41, 5.74) is 0.908. The fraction of sp³-hybridized carbons (Fsp3) is 0.214. The highest BCUT2D eigenvalue weighted by molar-refractivity contribution is 6.30. The molecular formula is C14H14ClNO2. The lowest BCUT2D eigenvalue weighted by Gasteiger charge is -2.05. The first kappa shape index (κ1) is 12.7. The molecule has 0 fully saturated rings. The van der Waals surface area contributed by atoms with Crippen LogP contribution in [0, 0.1) is 6.92 Å². The molecule has 1 N–H and O–H groups in total. The van der Waals surface area contributed by atoms with Gasteiger partial charge in [0.2, 0.25) is 0 Å². The third-order valence-electron chi connectivity index (χ3n) is 2.52. The summed E-state index contributed by atoms with van der Waals surface area (Å²) in [6, 6.07) is 10.9. The number of furan rings is 1. The predicted octanol–water partition coefficient (Wildman–Crippen LogP) is 3.93. The Morgan fingerprint density at radius 2 is 2.17 bits per heavy atom. The summed E-state index contributed by atoms with van der Waals surface area (Å²) in [6.45, 7) is 2.37. The third-order valence-corrected chi connectivity index (χ3v) is 2.76. The molecule has 18 heavy (non-hydrogen) atoms. The van der Waals surface area contributed by atoms with Gasteiger partial charge in [0.15, 0.2) is 11.5 Å². The van der Waals surface area contributed by atoms with Crippen LogP contribution in [0.3, 0.4) is 0 Å². The molecule has 2 rings (SSSR count). The molecule has 1 aromatic heterocycles. The zero-order valence-corrected chi connectivity index (χ0v) is 10.8. The van der Waals surface area contributed by atoms with Crippen molar-refractivity contribution in [1.29, 1.82) is 0 Å². The van der Waals surface area contributed by atoms with E-state index in [1.807, 2.05) is 31.2 Å². The first-order chi connectivity index (χ1) is 8.65. The van der Waals surface area contributed by atoms with Crippen molar-refractivity contribution in [3.8, 4) is 0 Å². The maximum Gasteiger partial charge on any atom is 0.199 e. The first-order valence-electron chi connectivity index (χ1n) is 5.74. The molecule has 0 unspecified atom stereocenters. The maximum absolute atomic E-state index is 11.8. The van der Waals surface area contributed by atoms with Crippen LogP contribution in [0.1, 0.15) is 22.7 Å². The van der Waals surface area contributed by atoms with Crippen molar-refractivity contribution in [3.05, 3.63) is 52.9 Å². The number of benzene rings is 1. The minimum absolute atomic E-state index is 0.00220. The van der Waals surface area contributed by atoms with Crippen molar-refractivity contribution in [2.24, 2.45) is 0 Å². The second-order valence-electron chi connectivity index (χ2n) is 4.02. The first-order valence-corrected chi connectivity index (χ1v) is 6.12. The number of hydrogen-bond acceptors (Lipinski definition) is 3. The second kappa shape index (κ2) is 5.74. The number of carbonyl (C=O) groups excluding carboxylic acids is 1. The van der Waals surface area contributed by atoms with Gasteiger partial charge in [0.05, 0.1) is 0 Å². The van der Waals surface area contributed by atoms with Gasteiger partial charge in [-0.1, -0.05) is 17.7 Å². The highest BCUT2D eigenvalue weighted by Crippen LogP contribution is 2.15. The fourth-order valence-corrected chi connectivity index (χ4v) is 1.82. The molecule has 0 spiro atoms. The number of halogens is 1. The quantitative estimate of drug-likeness (QED) is 0.831. The Morgan fingerprint density at radius 3 is 2.83 bits per heavy atom. The van der Waals surface area contributed by atoms with Crippen LogP contribution in [-0.4, -0.2) is 12.3 Å². The number of carbonyl (C=O) groups is 1. The number of anilines is 1. The van der Waals surface area contributed by atoms with E-state index in [-0.39, 0.29) is 5.78 Å². The van der Waals surface area contributed by atoms with Crippen molar-refractivity contribution in [2.75, 3.05) is 11.9 Å². The van der Waals surface area contributed by atoms with E-state index >= 15 is 0 Å². The number of nitrogens with one attached hydrogen (secondary N) is 1. The Bertz CT molecular complexity index is 548. The summed E-state index contributed by atoms with van der Waals surface area (Å²) in [7, 11) is 0. The largest absolute Gasteiger partial charge is 0.458 e. The monoisotopic (exact) mass is 263 g/mol.